The lowest BCUT2D eigenvalue weighted by atomic mass is 10.0. The van der Waals surface area contributed by atoms with Gasteiger partial charge in [-0.25, -0.2) is 4.39 Å². The molecule has 1 aliphatic heterocycles. The third-order valence-electron chi connectivity index (χ3n) is 5.05. The monoisotopic (exact) mass is 356 g/mol. The Hall–Kier alpha value is -2.01. The van der Waals surface area contributed by atoms with Crippen molar-refractivity contribution in [3.05, 3.63) is 48.3 Å². The number of halogens is 1. The minimum absolute atomic E-state index is 0.0200. The summed E-state index contributed by atoms with van der Waals surface area (Å²) >= 11 is 1.54. The van der Waals surface area contributed by atoms with Crippen molar-refractivity contribution in [2.24, 2.45) is 0 Å². The van der Waals surface area contributed by atoms with Gasteiger partial charge in [0.2, 0.25) is 5.91 Å². The van der Waals surface area contributed by atoms with E-state index in [2.05, 4.69) is 12.2 Å². The fraction of sp³-hybridized carbons (Fsp3) is 0.350. The number of carbonyl (C=O) groups is 1. The molecule has 5 heteroatoms. The van der Waals surface area contributed by atoms with E-state index in [1.807, 2.05) is 28.6 Å². The topological polar surface area (TPSA) is 32.3 Å². The predicted molar refractivity (Wildman–Crippen MR) is 100 cm³/mol. The Bertz CT molecular complexity index is 817. The number of anilines is 1. The van der Waals surface area contributed by atoms with Crippen molar-refractivity contribution in [1.82, 2.24) is 5.32 Å². The van der Waals surface area contributed by atoms with Crippen LogP contribution in [0.3, 0.4) is 0 Å². The van der Waals surface area contributed by atoms with Gasteiger partial charge in [0, 0.05) is 16.0 Å². The molecule has 0 spiro atoms. The van der Waals surface area contributed by atoms with E-state index in [1.165, 1.54) is 18.9 Å². The van der Waals surface area contributed by atoms with Crippen LogP contribution in [0.1, 0.15) is 32.6 Å². The van der Waals surface area contributed by atoms with Crippen LogP contribution in [0.5, 0.6) is 0 Å². The Kier molecular flexibility index (Phi) is 4.20. The van der Waals surface area contributed by atoms with E-state index in [1.54, 1.807) is 24.1 Å². The van der Waals surface area contributed by atoms with Gasteiger partial charge in [0.15, 0.2) is 0 Å². The Labute approximate surface area is 151 Å². The molecular formula is C20H21FN2OS. The first-order chi connectivity index (χ1) is 12.0. The van der Waals surface area contributed by atoms with Crippen LogP contribution in [-0.2, 0) is 4.79 Å². The highest BCUT2D eigenvalue weighted by Gasteiger charge is 2.31. The molecule has 2 aromatic rings. The lowest BCUT2D eigenvalue weighted by Crippen LogP contribution is -2.47. The van der Waals surface area contributed by atoms with Crippen molar-refractivity contribution < 1.29 is 9.18 Å². The molecule has 3 nitrogen and oxygen atoms in total. The molecule has 130 valence electrons. The molecule has 4 rings (SSSR count). The minimum atomic E-state index is -0.261. The number of nitrogens with zero attached hydrogens (tertiary/aromatic N) is 1. The average molecular weight is 356 g/mol. The number of rotatable bonds is 3. The fourth-order valence-corrected chi connectivity index (χ4v) is 4.88. The van der Waals surface area contributed by atoms with Gasteiger partial charge in [-0.3, -0.25) is 4.79 Å². The largest absolute Gasteiger partial charge is 0.349 e. The van der Waals surface area contributed by atoms with Gasteiger partial charge in [0.05, 0.1) is 5.69 Å². The van der Waals surface area contributed by atoms with E-state index >= 15 is 0 Å². The highest BCUT2D eigenvalue weighted by Crippen LogP contribution is 2.46. The van der Waals surface area contributed by atoms with Crippen LogP contribution >= 0.6 is 11.9 Å². The van der Waals surface area contributed by atoms with Crippen molar-refractivity contribution in [3.63, 3.8) is 0 Å². The molecule has 1 heterocycles. The van der Waals surface area contributed by atoms with Crippen molar-refractivity contribution in [3.8, 4) is 11.1 Å². The van der Waals surface area contributed by atoms with Gasteiger partial charge in [-0.05, 0) is 61.5 Å². The van der Waals surface area contributed by atoms with Gasteiger partial charge in [0.1, 0.15) is 12.4 Å². The molecule has 1 N–H and O–H groups in total. The molecule has 0 saturated heterocycles. The van der Waals surface area contributed by atoms with E-state index < -0.39 is 0 Å². The molecule has 2 aromatic carbocycles. The van der Waals surface area contributed by atoms with E-state index in [0.717, 1.165) is 34.6 Å². The summed E-state index contributed by atoms with van der Waals surface area (Å²) in [7, 11) is 0. The Balaban J connectivity index is 1.60. The summed E-state index contributed by atoms with van der Waals surface area (Å²) in [4.78, 5) is 13.7. The summed E-state index contributed by atoms with van der Waals surface area (Å²) in [6.45, 7) is 2.38. The first kappa shape index (κ1) is 16.5. The lowest BCUT2D eigenvalue weighted by Gasteiger charge is -2.32. The smallest absolute Gasteiger partial charge is 0.241 e. The number of fused-ring (bicyclic) bond motifs is 3. The summed E-state index contributed by atoms with van der Waals surface area (Å²) in [5.41, 5.74) is 2.66. The lowest BCUT2D eigenvalue weighted by molar-refractivity contribution is -0.121. The molecule has 0 radical (unpaired) electrons. The van der Waals surface area contributed by atoms with Crippen LogP contribution in [0.4, 0.5) is 10.1 Å². The van der Waals surface area contributed by atoms with Crippen LogP contribution in [-0.4, -0.2) is 18.0 Å². The maximum absolute atomic E-state index is 13.8. The van der Waals surface area contributed by atoms with Gasteiger partial charge < -0.3 is 9.62 Å². The molecule has 0 aromatic heterocycles. The molecule has 2 aliphatic rings. The van der Waals surface area contributed by atoms with E-state index in [9.17, 15) is 9.18 Å². The highest BCUT2D eigenvalue weighted by molar-refractivity contribution is 8.01. The molecule has 1 saturated carbocycles. The van der Waals surface area contributed by atoms with Crippen LogP contribution in [0.2, 0.25) is 0 Å². The van der Waals surface area contributed by atoms with E-state index in [0.29, 0.717) is 0 Å². The zero-order chi connectivity index (χ0) is 17.4. The van der Waals surface area contributed by atoms with E-state index in [-0.39, 0.29) is 23.8 Å². The van der Waals surface area contributed by atoms with Crippen molar-refractivity contribution in [2.75, 3.05) is 10.8 Å². The van der Waals surface area contributed by atoms with E-state index in [4.69, 9.17) is 0 Å². The number of carbonyl (C=O) groups excluding carboxylic acids is 1. The quantitative estimate of drug-likeness (QED) is 0.804. The number of hydrogen-bond donors (Lipinski definition) is 1. The zero-order valence-electron chi connectivity index (χ0n) is 14.2. The summed E-state index contributed by atoms with van der Waals surface area (Å²) < 4.78 is 15.8. The first-order valence-electron chi connectivity index (χ1n) is 8.70. The predicted octanol–water partition coefficient (Wildman–Crippen LogP) is 4.77. The fourth-order valence-electron chi connectivity index (χ4n) is 3.78. The Morgan fingerprint density at radius 2 is 1.96 bits per heavy atom. The van der Waals surface area contributed by atoms with Gasteiger partial charge in [-0.15, -0.1) is 0 Å². The second kappa shape index (κ2) is 6.37. The average Bonchev–Trinajstić information content (AvgIpc) is 3.00. The molecule has 1 fully saturated rings. The molecule has 0 bridgehead atoms. The maximum Gasteiger partial charge on any atom is 0.241 e. The summed E-state index contributed by atoms with van der Waals surface area (Å²) in [6, 6.07) is 12.7. The molecule has 1 aliphatic carbocycles. The van der Waals surface area contributed by atoms with Crippen molar-refractivity contribution in [2.45, 2.75) is 43.0 Å². The summed E-state index contributed by atoms with van der Waals surface area (Å²) in [6.07, 6.45) is 4.42. The zero-order valence-corrected chi connectivity index (χ0v) is 15.0. The Morgan fingerprint density at radius 1 is 1.20 bits per heavy atom. The van der Waals surface area contributed by atoms with Gasteiger partial charge in [0.25, 0.3) is 0 Å². The number of nitrogens with one attached hydrogen (secondary N) is 1. The first-order valence-corrected chi connectivity index (χ1v) is 9.47. The SMILES string of the molecule is CC1(NC(=O)CN2Sc3ccccc3-c3cc(F)ccc32)CCCC1. The molecule has 25 heavy (non-hydrogen) atoms. The van der Waals surface area contributed by atoms with Crippen LogP contribution < -0.4 is 9.62 Å². The number of amides is 1. The van der Waals surface area contributed by atoms with Crippen LogP contribution in [0.15, 0.2) is 47.4 Å². The van der Waals surface area contributed by atoms with Gasteiger partial charge >= 0.3 is 0 Å². The van der Waals surface area contributed by atoms with Crippen molar-refractivity contribution in [1.29, 1.82) is 0 Å². The standard InChI is InChI=1S/C20H21FN2OS/c1-20(10-4-5-11-20)22-19(24)13-23-17-9-8-14(21)12-16(17)15-6-2-3-7-18(15)25-23/h2-3,6-9,12H,4-5,10-11,13H2,1H3,(H,22,24). The van der Waals surface area contributed by atoms with Crippen LogP contribution in [0.25, 0.3) is 11.1 Å². The third kappa shape index (κ3) is 3.25. The number of hydrogen-bond acceptors (Lipinski definition) is 3. The molecule has 0 unspecified atom stereocenters. The minimum Gasteiger partial charge on any atom is -0.349 e. The molecule has 0 atom stereocenters. The summed E-state index contributed by atoms with van der Waals surface area (Å²) in [5, 5.41) is 3.20. The van der Waals surface area contributed by atoms with Gasteiger partial charge in [-0.2, -0.15) is 0 Å². The molecular weight excluding hydrogens is 335 g/mol. The second-order valence-electron chi connectivity index (χ2n) is 7.10. The van der Waals surface area contributed by atoms with Crippen LogP contribution in [0, 0.1) is 5.82 Å². The number of benzene rings is 2. The van der Waals surface area contributed by atoms with Crippen molar-refractivity contribution >= 4 is 23.5 Å². The second-order valence-corrected chi connectivity index (χ2v) is 8.16. The third-order valence-corrected chi connectivity index (χ3v) is 6.15. The highest BCUT2D eigenvalue weighted by atomic mass is 32.2. The Morgan fingerprint density at radius 3 is 2.76 bits per heavy atom. The normalized spacial score (nSPS) is 17.8. The summed E-state index contributed by atoms with van der Waals surface area (Å²) in [5.74, 6) is -0.241. The maximum atomic E-state index is 13.8. The molecule has 1 amide bonds. The van der Waals surface area contributed by atoms with Gasteiger partial charge in [-0.1, -0.05) is 31.0 Å².